The van der Waals surface area contributed by atoms with Crippen LogP contribution in [0.5, 0.6) is 0 Å². The second-order valence-electron chi connectivity index (χ2n) is 5.58. The molecule has 0 saturated heterocycles. The molecule has 0 saturated carbocycles. The van der Waals surface area contributed by atoms with Crippen LogP contribution in [0.15, 0.2) is 54.9 Å². The lowest BCUT2D eigenvalue weighted by atomic mass is 10.2. The Kier molecular flexibility index (Phi) is 5.21. The van der Waals surface area contributed by atoms with Gasteiger partial charge in [0.1, 0.15) is 17.8 Å². The number of nitrogens with one attached hydrogen (secondary N) is 2. The maximum absolute atomic E-state index is 13.2. The average molecular weight is 394 g/mol. The summed E-state index contributed by atoms with van der Waals surface area (Å²) in [6, 6.07) is 8.47. The van der Waals surface area contributed by atoms with Gasteiger partial charge in [-0.1, -0.05) is 6.07 Å². The maximum Gasteiger partial charge on any atom is 0.416 e. The molecule has 2 aromatic carbocycles. The van der Waals surface area contributed by atoms with Crippen molar-refractivity contribution in [3.05, 3.63) is 77.8 Å². The van der Waals surface area contributed by atoms with Gasteiger partial charge in [-0.15, -0.1) is 0 Å². The molecule has 0 atom stereocenters. The smallest absolute Gasteiger partial charge is 0.340 e. The molecule has 0 spiro atoms. The molecule has 144 valence electrons. The Morgan fingerprint density at radius 1 is 0.893 bits per heavy atom. The molecule has 28 heavy (non-hydrogen) atoms. The zero-order valence-corrected chi connectivity index (χ0v) is 13.9. The first kappa shape index (κ1) is 19.2. The summed E-state index contributed by atoms with van der Waals surface area (Å²) in [5, 5.41) is 4.99. The number of rotatable bonds is 4. The summed E-state index contributed by atoms with van der Waals surface area (Å²) in [5.41, 5.74) is -0.854. The Morgan fingerprint density at radius 3 is 2.39 bits per heavy atom. The van der Waals surface area contributed by atoms with Gasteiger partial charge in [0.25, 0.3) is 5.91 Å². The maximum atomic E-state index is 13.2. The largest absolute Gasteiger partial charge is 0.416 e. The third-order valence-corrected chi connectivity index (χ3v) is 3.54. The van der Waals surface area contributed by atoms with Gasteiger partial charge in [0.2, 0.25) is 0 Å². The molecule has 0 aliphatic carbocycles. The van der Waals surface area contributed by atoms with Crippen molar-refractivity contribution >= 4 is 23.1 Å². The Bertz CT molecular complexity index is 1020. The van der Waals surface area contributed by atoms with Gasteiger partial charge in [0.05, 0.1) is 5.56 Å². The van der Waals surface area contributed by atoms with Crippen molar-refractivity contribution in [3.8, 4) is 0 Å². The van der Waals surface area contributed by atoms with Crippen LogP contribution in [0.2, 0.25) is 0 Å². The van der Waals surface area contributed by atoms with Crippen LogP contribution < -0.4 is 10.6 Å². The highest BCUT2D eigenvalue weighted by molar-refractivity contribution is 6.03. The summed E-state index contributed by atoms with van der Waals surface area (Å²) < 4.78 is 64.5. The molecule has 2 N–H and O–H groups in total. The monoisotopic (exact) mass is 394 g/mol. The number of amides is 1. The summed E-state index contributed by atoms with van der Waals surface area (Å²) in [4.78, 5) is 19.8. The molecule has 10 heteroatoms. The molecule has 3 aromatic rings. The van der Waals surface area contributed by atoms with Gasteiger partial charge >= 0.3 is 6.18 Å². The van der Waals surface area contributed by atoms with E-state index in [4.69, 9.17) is 0 Å². The topological polar surface area (TPSA) is 66.9 Å². The van der Waals surface area contributed by atoms with Crippen molar-refractivity contribution < 1.29 is 26.7 Å². The minimum absolute atomic E-state index is 0.00917. The van der Waals surface area contributed by atoms with Crippen LogP contribution in [0.25, 0.3) is 0 Å². The summed E-state index contributed by atoms with van der Waals surface area (Å²) >= 11 is 0. The summed E-state index contributed by atoms with van der Waals surface area (Å²) in [7, 11) is 0. The van der Waals surface area contributed by atoms with Crippen LogP contribution in [0.4, 0.5) is 39.1 Å². The van der Waals surface area contributed by atoms with Crippen molar-refractivity contribution in [2.75, 3.05) is 10.6 Å². The number of anilines is 3. The van der Waals surface area contributed by atoms with Crippen molar-refractivity contribution in [3.63, 3.8) is 0 Å². The molecule has 0 aliphatic heterocycles. The van der Waals surface area contributed by atoms with Gasteiger partial charge < -0.3 is 10.6 Å². The molecule has 0 radical (unpaired) electrons. The van der Waals surface area contributed by atoms with E-state index in [9.17, 15) is 26.7 Å². The van der Waals surface area contributed by atoms with Gasteiger partial charge in [-0.05, 0) is 30.3 Å². The molecule has 3 rings (SSSR count). The number of alkyl halides is 3. The van der Waals surface area contributed by atoms with Crippen LogP contribution in [0.3, 0.4) is 0 Å². The lowest BCUT2D eigenvalue weighted by Gasteiger charge is -2.11. The van der Waals surface area contributed by atoms with Crippen molar-refractivity contribution in [1.29, 1.82) is 0 Å². The predicted molar refractivity (Wildman–Crippen MR) is 91.1 cm³/mol. The number of carbonyl (C=O) groups is 1. The molecule has 0 aliphatic rings. The number of hydrogen-bond donors (Lipinski definition) is 2. The highest BCUT2D eigenvalue weighted by Gasteiger charge is 2.30. The van der Waals surface area contributed by atoms with Crippen LogP contribution in [-0.2, 0) is 6.18 Å². The van der Waals surface area contributed by atoms with E-state index in [1.165, 1.54) is 24.3 Å². The Labute approximate surface area is 155 Å². The first-order valence-electron chi connectivity index (χ1n) is 7.75. The third kappa shape index (κ3) is 4.58. The summed E-state index contributed by atoms with van der Waals surface area (Å²) in [6.45, 7) is 0. The minimum Gasteiger partial charge on any atom is -0.340 e. The van der Waals surface area contributed by atoms with Gasteiger partial charge in [0.15, 0.2) is 11.6 Å². The van der Waals surface area contributed by atoms with Crippen molar-refractivity contribution in [2.24, 2.45) is 0 Å². The van der Waals surface area contributed by atoms with E-state index in [0.29, 0.717) is 0 Å². The van der Waals surface area contributed by atoms with E-state index in [2.05, 4.69) is 20.6 Å². The Hall–Kier alpha value is -3.56. The number of halogens is 5. The molecule has 1 heterocycles. The van der Waals surface area contributed by atoms with E-state index >= 15 is 0 Å². The molecular weight excluding hydrogens is 383 g/mol. The molecule has 1 aromatic heterocycles. The SMILES string of the molecule is O=C(Nc1ccc(F)c(F)c1)c1cc(Nc2cccc(C(F)(F)F)c2)ncn1. The first-order chi connectivity index (χ1) is 13.2. The van der Waals surface area contributed by atoms with Crippen LogP contribution >= 0.6 is 0 Å². The van der Waals surface area contributed by atoms with Crippen LogP contribution in [0.1, 0.15) is 16.1 Å². The van der Waals surface area contributed by atoms with Crippen molar-refractivity contribution in [2.45, 2.75) is 6.18 Å². The summed E-state index contributed by atoms with van der Waals surface area (Å²) in [6.07, 6.45) is -3.46. The van der Waals surface area contributed by atoms with E-state index < -0.39 is 29.3 Å². The van der Waals surface area contributed by atoms with E-state index in [1.54, 1.807) is 0 Å². The van der Waals surface area contributed by atoms with Gasteiger partial charge in [-0.3, -0.25) is 4.79 Å². The Morgan fingerprint density at radius 2 is 1.68 bits per heavy atom. The Balaban J connectivity index is 1.76. The number of hydrogen-bond acceptors (Lipinski definition) is 4. The van der Waals surface area contributed by atoms with Gasteiger partial charge in [-0.25, -0.2) is 18.7 Å². The minimum atomic E-state index is -4.50. The fourth-order valence-corrected chi connectivity index (χ4v) is 2.24. The fraction of sp³-hybridized carbons (Fsp3) is 0.0556. The lowest BCUT2D eigenvalue weighted by molar-refractivity contribution is -0.137. The van der Waals surface area contributed by atoms with Crippen molar-refractivity contribution in [1.82, 2.24) is 9.97 Å². The van der Waals surface area contributed by atoms with Crippen LogP contribution in [0, 0.1) is 11.6 Å². The molecule has 1 amide bonds. The number of benzene rings is 2. The third-order valence-electron chi connectivity index (χ3n) is 3.54. The van der Waals surface area contributed by atoms with Gasteiger partial charge in [-0.2, -0.15) is 13.2 Å². The zero-order valence-electron chi connectivity index (χ0n) is 13.9. The van der Waals surface area contributed by atoms with Gasteiger partial charge in [0, 0.05) is 23.5 Å². The predicted octanol–water partition coefficient (Wildman–Crippen LogP) is 4.77. The van der Waals surface area contributed by atoms with Crippen LogP contribution in [-0.4, -0.2) is 15.9 Å². The number of aromatic nitrogens is 2. The summed E-state index contributed by atoms with van der Waals surface area (Å²) in [5.74, 6) is -2.86. The number of nitrogens with zero attached hydrogens (tertiary/aromatic N) is 2. The molecule has 0 fully saturated rings. The molecule has 0 unspecified atom stereocenters. The number of carbonyl (C=O) groups excluding carboxylic acids is 1. The fourth-order valence-electron chi connectivity index (χ4n) is 2.24. The molecular formula is C18H11F5N4O. The average Bonchev–Trinajstić information content (AvgIpc) is 2.64. The van der Waals surface area contributed by atoms with E-state index in [1.807, 2.05) is 0 Å². The second-order valence-corrected chi connectivity index (χ2v) is 5.58. The van der Waals surface area contributed by atoms with E-state index in [0.717, 1.165) is 30.6 Å². The molecule has 5 nitrogen and oxygen atoms in total. The highest BCUT2D eigenvalue weighted by atomic mass is 19.4. The molecule has 0 bridgehead atoms. The normalized spacial score (nSPS) is 11.2. The quantitative estimate of drug-likeness (QED) is 0.626. The second kappa shape index (κ2) is 7.59. The standard InChI is InChI=1S/C18H11F5N4O/c19-13-5-4-12(7-14(13)20)27-17(28)15-8-16(25-9-24-15)26-11-3-1-2-10(6-11)18(21,22)23/h1-9H,(H,27,28)(H,24,25,26). The zero-order chi connectivity index (χ0) is 20.3. The lowest BCUT2D eigenvalue weighted by Crippen LogP contribution is -2.14. The highest BCUT2D eigenvalue weighted by Crippen LogP contribution is 2.31. The van der Waals surface area contributed by atoms with E-state index in [-0.39, 0.29) is 22.9 Å². The first-order valence-corrected chi connectivity index (χ1v) is 7.75.